The van der Waals surface area contributed by atoms with E-state index in [2.05, 4.69) is 73.4 Å². The highest BCUT2D eigenvalue weighted by Gasteiger charge is 2.37. The number of unbranched alkanes of at least 4 members (excludes halogenated alkanes) is 6. The van der Waals surface area contributed by atoms with Gasteiger partial charge in [0.15, 0.2) is 0 Å². The Morgan fingerprint density at radius 1 is 0.750 bits per heavy atom. The van der Waals surface area contributed by atoms with Crippen LogP contribution in [0.15, 0.2) is 60.7 Å². The molecule has 1 heterocycles. The lowest BCUT2D eigenvalue weighted by Gasteiger charge is -2.29. The number of allylic oxidation sites excluding steroid dienone is 2. The zero-order valence-corrected chi connectivity index (χ0v) is 20.6. The van der Waals surface area contributed by atoms with E-state index >= 15 is 0 Å². The Morgan fingerprint density at radius 3 is 2.06 bits per heavy atom. The van der Waals surface area contributed by atoms with Crippen LogP contribution in [0, 0.1) is 0 Å². The first-order chi connectivity index (χ1) is 15.7. The molecule has 2 atom stereocenters. The Balaban J connectivity index is 1.66. The van der Waals surface area contributed by atoms with Crippen molar-refractivity contribution in [3.63, 3.8) is 0 Å². The molecule has 32 heavy (non-hydrogen) atoms. The molecule has 0 aromatic heterocycles. The second-order valence-electron chi connectivity index (χ2n) is 9.49. The van der Waals surface area contributed by atoms with Gasteiger partial charge in [0.2, 0.25) is 0 Å². The molecule has 0 N–H and O–H groups in total. The van der Waals surface area contributed by atoms with E-state index in [-0.39, 0.29) is 0 Å². The van der Waals surface area contributed by atoms with Crippen molar-refractivity contribution < 1.29 is 0 Å². The Kier molecular flexibility index (Phi) is 8.14. The molecule has 2 heteroatoms. The third-order valence-corrected chi connectivity index (χ3v) is 7.20. The van der Waals surface area contributed by atoms with E-state index in [1.807, 2.05) is 6.07 Å². The molecule has 1 nitrogen and oxygen atoms in total. The highest BCUT2D eigenvalue weighted by Crippen LogP contribution is 2.48. The monoisotopic (exact) mass is 447 g/mol. The van der Waals surface area contributed by atoms with Crippen molar-refractivity contribution in [2.75, 3.05) is 4.90 Å². The van der Waals surface area contributed by atoms with Gasteiger partial charge >= 0.3 is 0 Å². The summed E-state index contributed by atoms with van der Waals surface area (Å²) in [6, 6.07) is 14.1. The number of aryl methyl sites for hydroxylation is 2. The number of nitrogens with zero attached hydrogens (tertiary/aromatic N) is 1. The van der Waals surface area contributed by atoms with Crippen molar-refractivity contribution in [2.24, 2.45) is 0 Å². The zero-order valence-electron chi connectivity index (χ0n) is 19.8. The second kappa shape index (κ2) is 11.2. The first-order valence-corrected chi connectivity index (χ1v) is 13.2. The van der Waals surface area contributed by atoms with Gasteiger partial charge in [-0.25, -0.2) is 0 Å². The molecule has 1 aliphatic carbocycles. The Labute approximate surface area is 200 Å². The lowest BCUT2D eigenvalue weighted by molar-refractivity contribution is 0.660. The molecule has 0 saturated carbocycles. The van der Waals surface area contributed by atoms with Crippen LogP contribution in [0.4, 0.5) is 11.4 Å². The highest BCUT2D eigenvalue weighted by molar-refractivity contribution is 6.31. The molecule has 1 aliphatic heterocycles. The predicted octanol–water partition coefficient (Wildman–Crippen LogP) is 9.32. The molecule has 4 rings (SSSR count). The summed E-state index contributed by atoms with van der Waals surface area (Å²) < 4.78 is 0. The summed E-state index contributed by atoms with van der Waals surface area (Å²) >= 11 is 6.47. The fourth-order valence-electron chi connectivity index (χ4n) is 5.29. The third kappa shape index (κ3) is 5.31. The SMILES string of the molecule is CCCCCCc1cc(CCCCCC)cc(N2c3cc(Cl)ccc3C3C=CC=CC32)c1. The quantitative estimate of drug-likeness (QED) is 0.310. The largest absolute Gasteiger partial charge is 0.333 e. The first-order valence-electron chi connectivity index (χ1n) is 12.8. The maximum atomic E-state index is 6.47. The van der Waals surface area contributed by atoms with Gasteiger partial charge in [-0.3, -0.25) is 0 Å². The van der Waals surface area contributed by atoms with Gasteiger partial charge in [0.05, 0.1) is 6.04 Å². The number of fused-ring (bicyclic) bond motifs is 3. The van der Waals surface area contributed by atoms with Crippen LogP contribution in [0.5, 0.6) is 0 Å². The van der Waals surface area contributed by atoms with Crippen molar-refractivity contribution >= 4 is 23.0 Å². The van der Waals surface area contributed by atoms with Crippen LogP contribution in [-0.4, -0.2) is 6.04 Å². The van der Waals surface area contributed by atoms with Gasteiger partial charge in [-0.05, 0) is 66.6 Å². The van der Waals surface area contributed by atoms with Gasteiger partial charge in [0.1, 0.15) is 0 Å². The Hall–Kier alpha value is -1.99. The molecule has 0 saturated heterocycles. The van der Waals surface area contributed by atoms with E-state index < -0.39 is 0 Å². The minimum atomic E-state index is 0.330. The Bertz CT molecular complexity index is 927. The van der Waals surface area contributed by atoms with E-state index in [0.29, 0.717) is 12.0 Å². The van der Waals surface area contributed by atoms with Crippen LogP contribution >= 0.6 is 11.6 Å². The summed E-state index contributed by atoms with van der Waals surface area (Å²) in [6.07, 6.45) is 21.9. The van der Waals surface area contributed by atoms with Gasteiger partial charge in [0, 0.05) is 22.3 Å². The smallest absolute Gasteiger partial charge is 0.0629 e. The number of benzene rings is 2. The summed E-state index contributed by atoms with van der Waals surface area (Å²) in [5, 5.41) is 0.816. The van der Waals surface area contributed by atoms with Crippen LogP contribution in [0.3, 0.4) is 0 Å². The minimum absolute atomic E-state index is 0.330. The van der Waals surface area contributed by atoms with Crippen LogP contribution in [0.2, 0.25) is 5.02 Å². The topological polar surface area (TPSA) is 3.24 Å². The molecule has 0 radical (unpaired) electrons. The summed E-state index contributed by atoms with van der Waals surface area (Å²) in [4.78, 5) is 2.54. The summed E-state index contributed by atoms with van der Waals surface area (Å²) in [5.74, 6) is 0.397. The van der Waals surface area contributed by atoms with Gasteiger partial charge in [0.25, 0.3) is 0 Å². The first kappa shape index (κ1) is 23.2. The summed E-state index contributed by atoms with van der Waals surface area (Å²) in [7, 11) is 0. The maximum Gasteiger partial charge on any atom is 0.0629 e. The molecule has 0 spiro atoms. The summed E-state index contributed by atoms with van der Waals surface area (Å²) in [6.45, 7) is 4.57. The molecular weight excluding hydrogens is 410 g/mol. The van der Waals surface area contributed by atoms with E-state index in [4.69, 9.17) is 11.6 Å². The average Bonchev–Trinajstić information content (AvgIpc) is 3.13. The van der Waals surface area contributed by atoms with E-state index in [1.54, 1.807) is 0 Å². The van der Waals surface area contributed by atoms with Crippen molar-refractivity contribution in [3.8, 4) is 0 Å². The second-order valence-corrected chi connectivity index (χ2v) is 9.92. The predicted molar refractivity (Wildman–Crippen MR) is 141 cm³/mol. The van der Waals surface area contributed by atoms with Crippen molar-refractivity contribution in [1.82, 2.24) is 0 Å². The van der Waals surface area contributed by atoms with Gasteiger partial charge < -0.3 is 4.90 Å². The standard InChI is InChI=1S/C30H38ClN/c1-3-5-7-9-13-23-19-24(14-10-8-6-4-2)21-26(20-23)32-29-16-12-11-15-27(29)28-18-17-25(31)22-30(28)32/h11-12,15-22,27,29H,3-10,13-14H2,1-2H3. The molecule has 2 unspecified atom stereocenters. The lowest BCUT2D eigenvalue weighted by Crippen LogP contribution is -2.28. The molecule has 0 bridgehead atoms. The third-order valence-electron chi connectivity index (χ3n) is 6.97. The molecule has 2 aliphatic rings. The maximum absolute atomic E-state index is 6.47. The van der Waals surface area contributed by atoms with Crippen LogP contribution < -0.4 is 4.90 Å². The number of anilines is 2. The Morgan fingerprint density at radius 2 is 1.41 bits per heavy atom. The van der Waals surface area contributed by atoms with E-state index in [9.17, 15) is 0 Å². The minimum Gasteiger partial charge on any atom is -0.333 e. The lowest BCUT2D eigenvalue weighted by atomic mass is 9.91. The fourth-order valence-corrected chi connectivity index (χ4v) is 5.46. The van der Waals surface area contributed by atoms with Crippen molar-refractivity contribution in [3.05, 3.63) is 82.4 Å². The van der Waals surface area contributed by atoms with Crippen molar-refractivity contribution in [2.45, 2.75) is 90.0 Å². The number of halogens is 1. The van der Waals surface area contributed by atoms with Crippen molar-refractivity contribution in [1.29, 1.82) is 0 Å². The molecular formula is C30H38ClN. The normalized spacial score (nSPS) is 18.8. The molecule has 2 aromatic carbocycles. The molecule has 0 fully saturated rings. The highest BCUT2D eigenvalue weighted by atomic mass is 35.5. The van der Waals surface area contributed by atoms with Gasteiger partial charge in [-0.2, -0.15) is 0 Å². The van der Waals surface area contributed by atoms with Crippen LogP contribution in [0.1, 0.15) is 87.8 Å². The van der Waals surface area contributed by atoms with Crippen LogP contribution in [0.25, 0.3) is 0 Å². The molecule has 2 aromatic rings. The zero-order chi connectivity index (χ0) is 22.3. The van der Waals surface area contributed by atoms with Gasteiger partial charge in [-0.1, -0.05) is 100 Å². The number of hydrogen-bond donors (Lipinski definition) is 0. The van der Waals surface area contributed by atoms with Gasteiger partial charge in [-0.15, -0.1) is 0 Å². The fraction of sp³-hybridized carbons (Fsp3) is 0.467. The molecule has 170 valence electrons. The summed E-state index contributed by atoms with van der Waals surface area (Å²) in [5.41, 5.74) is 6.97. The van der Waals surface area contributed by atoms with Crippen LogP contribution in [-0.2, 0) is 12.8 Å². The van der Waals surface area contributed by atoms with E-state index in [0.717, 1.165) is 5.02 Å². The molecule has 0 amide bonds. The average molecular weight is 448 g/mol. The number of rotatable bonds is 11. The number of hydrogen-bond acceptors (Lipinski definition) is 1. The van der Waals surface area contributed by atoms with E-state index in [1.165, 1.54) is 92.3 Å².